The molecular weight excluding hydrogens is 517 g/mol. The number of hydrogen-bond acceptors (Lipinski definition) is 12. The lowest BCUT2D eigenvalue weighted by Crippen LogP contribution is -2.61. The first-order valence-electron chi connectivity index (χ1n) is 10.3. The lowest BCUT2D eigenvalue weighted by molar-refractivity contribution is -0.221. The van der Waals surface area contributed by atoms with Crippen LogP contribution in [0.1, 0.15) is 20.3 Å². The van der Waals surface area contributed by atoms with E-state index in [4.69, 9.17) is 27.4 Å². The Balaban J connectivity index is 2.12. The molecule has 9 unspecified atom stereocenters. The van der Waals surface area contributed by atoms with Crippen LogP contribution in [0.2, 0.25) is 0 Å². The number of nitrogens with one attached hydrogen (secondary N) is 1. The molecule has 0 aliphatic carbocycles. The van der Waals surface area contributed by atoms with E-state index in [9.17, 15) is 39.0 Å². The summed E-state index contributed by atoms with van der Waals surface area (Å²) in [4.78, 5) is 34.1. The van der Waals surface area contributed by atoms with E-state index in [1.54, 1.807) is 6.92 Å². The topological polar surface area (TPSA) is 259 Å². The number of hydrogen-bond donors (Lipinski definition) is 6. The Labute approximate surface area is 200 Å². The van der Waals surface area contributed by atoms with Crippen LogP contribution in [0.5, 0.6) is 0 Å². The molecule has 2 radical (unpaired) electrons. The Morgan fingerprint density at radius 2 is 1.80 bits per heavy atom. The van der Waals surface area contributed by atoms with Gasteiger partial charge in [0.05, 0.1) is 31.5 Å². The van der Waals surface area contributed by atoms with Crippen LogP contribution in [-0.4, -0.2) is 101 Å². The van der Waals surface area contributed by atoms with Crippen LogP contribution in [0.3, 0.4) is 0 Å². The van der Waals surface area contributed by atoms with Gasteiger partial charge in [-0.25, -0.2) is 9.13 Å². The molecule has 17 nitrogen and oxygen atoms in total. The van der Waals surface area contributed by atoms with Gasteiger partial charge in [-0.3, -0.25) is 13.8 Å². The number of carbonyl (C=O) groups is 1. The second kappa shape index (κ2) is 12.4. The molecule has 198 valence electrons. The third kappa shape index (κ3) is 8.20. The number of nitrogens with zero attached hydrogens (tertiary/aromatic N) is 3. The molecule has 2 fully saturated rings. The van der Waals surface area contributed by atoms with Crippen molar-refractivity contribution in [1.82, 2.24) is 5.32 Å². The van der Waals surface area contributed by atoms with E-state index in [0.29, 0.717) is 6.42 Å². The number of carbonyl (C=O) groups excluding carboxylic acids is 1. The molecule has 20 heteroatoms. The molecule has 0 aromatic rings. The van der Waals surface area contributed by atoms with Gasteiger partial charge in [-0.05, 0) is 12.0 Å². The van der Waals surface area contributed by atoms with E-state index in [1.807, 2.05) is 0 Å². The second-order valence-electron chi connectivity index (χ2n) is 7.79. The average Bonchev–Trinajstić information content (AvgIpc) is 2.99. The van der Waals surface area contributed by atoms with Crippen LogP contribution in [0, 0.1) is 5.92 Å². The zero-order chi connectivity index (χ0) is 26.6. The first kappa shape index (κ1) is 30.1. The zero-order valence-electron chi connectivity index (χ0n) is 18.6. The largest absolute Gasteiger partial charge is 0.483 e. The van der Waals surface area contributed by atoms with Crippen molar-refractivity contribution >= 4 is 29.4 Å². The fourth-order valence-electron chi connectivity index (χ4n) is 3.67. The molecule has 0 spiro atoms. The summed E-state index contributed by atoms with van der Waals surface area (Å²) in [5.74, 6) is -1.34. The van der Waals surface area contributed by atoms with Crippen LogP contribution >= 0.6 is 15.6 Å². The summed E-state index contributed by atoms with van der Waals surface area (Å²) in [5.41, 5.74) is 8.58. The van der Waals surface area contributed by atoms with Crippen molar-refractivity contribution in [3.05, 3.63) is 10.4 Å². The summed E-state index contributed by atoms with van der Waals surface area (Å²) < 4.78 is 48.7. The smallest absolute Gasteiger partial charge is 0.390 e. The van der Waals surface area contributed by atoms with Gasteiger partial charge in [0, 0.05) is 23.8 Å². The number of rotatable bonds is 11. The van der Waals surface area contributed by atoms with Gasteiger partial charge in [0.15, 0.2) is 6.29 Å². The maximum absolute atomic E-state index is 12.5. The second-order valence-corrected chi connectivity index (χ2v) is 10.8. The van der Waals surface area contributed by atoms with Crippen LogP contribution in [0.4, 0.5) is 0 Å². The molecule has 0 bridgehead atoms. The number of amides is 1. The highest BCUT2D eigenvalue weighted by atomic mass is 31.3. The van der Waals surface area contributed by atoms with Crippen LogP contribution in [0.15, 0.2) is 5.11 Å². The Hall–Kier alpha value is -1.10. The molecule has 0 aromatic carbocycles. The quantitative estimate of drug-likeness (QED) is 0.0587. The van der Waals surface area contributed by atoms with E-state index < -0.39 is 82.9 Å². The number of aliphatic hydroxyl groups excluding tert-OH is 3. The van der Waals surface area contributed by atoms with Crippen molar-refractivity contribution in [1.29, 1.82) is 0 Å². The summed E-state index contributed by atoms with van der Waals surface area (Å²) in [6, 6.07) is -2.71. The van der Waals surface area contributed by atoms with Crippen molar-refractivity contribution in [2.24, 2.45) is 11.0 Å². The Kier molecular flexibility index (Phi) is 10.7. The van der Waals surface area contributed by atoms with Gasteiger partial charge < -0.3 is 39.9 Å². The minimum atomic E-state index is -5.48. The van der Waals surface area contributed by atoms with Gasteiger partial charge in [0.1, 0.15) is 26.1 Å². The Bertz CT molecular complexity index is 895. The third-order valence-electron chi connectivity index (χ3n) is 5.30. The van der Waals surface area contributed by atoms with E-state index in [2.05, 4.69) is 24.2 Å². The van der Waals surface area contributed by atoms with Gasteiger partial charge in [-0.15, -0.1) is 0 Å². The molecule has 2 saturated heterocycles. The van der Waals surface area contributed by atoms with Crippen LogP contribution < -0.4 is 5.32 Å². The number of phosphoric ester groups is 2. The van der Waals surface area contributed by atoms with E-state index in [-0.39, 0.29) is 6.54 Å². The Morgan fingerprint density at radius 1 is 1.14 bits per heavy atom. The van der Waals surface area contributed by atoms with Gasteiger partial charge in [0.2, 0.25) is 5.91 Å². The molecule has 35 heavy (non-hydrogen) atoms. The van der Waals surface area contributed by atoms with E-state index in [1.165, 1.54) is 0 Å². The molecule has 11 atom stereocenters. The van der Waals surface area contributed by atoms with Gasteiger partial charge >= 0.3 is 15.6 Å². The number of aliphatic hydroxyl groups is 3. The molecule has 1 amide bonds. The minimum Gasteiger partial charge on any atom is -0.390 e. The summed E-state index contributed by atoms with van der Waals surface area (Å²) >= 11 is 0. The highest BCUT2D eigenvalue weighted by Gasteiger charge is 2.49. The maximum Gasteiger partial charge on any atom is 0.483 e. The van der Waals surface area contributed by atoms with Gasteiger partial charge in [-0.1, -0.05) is 12.0 Å². The molecule has 0 aromatic heterocycles. The van der Waals surface area contributed by atoms with Crippen molar-refractivity contribution < 1.29 is 61.9 Å². The lowest BCUT2D eigenvalue weighted by Gasteiger charge is -2.44. The van der Waals surface area contributed by atoms with Crippen molar-refractivity contribution in [2.45, 2.75) is 69.1 Å². The fourth-order valence-corrected chi connectivity index (χ4v) is 5.83. The molecular formula is C15H27BN4O13P2. The summed E-state index contributed by atoms with van der Waals surface area (Å²) in [7, 11) is -5.44. The molecule has 2 heterocycles. The Morgan fingerprint density at radius 3 is 2.31 bits per heavy atom. The summed E-state index contributed by atoms with van der Waals surface area (Å²) in [6.45, 7) is 1.63. The van der Waals surface area contributed by atoms with Crippen molar-refractivity contribution in [2.75, 3.05) is 13.2 Å². The highest BCUT2D eigenvalue weighted by molar-refractivity contribution is 7.61. The molecule has 2 aliphatic rings. The summed E-state index contributed by atoms with van der Waals surface area (Å²) in [5, 5.41) is 35.7. The highest BCUT2D eigenvalue weighted by Crippen LogP contribution is 2.61. The predicted molar refractivity (Wildman–Crippen MR) is 114 cm³/mol. The van der Waals surface area contributed by atoms with Crippen LogP contribution in [-0.2, 0) is 36.8 Å². The van der Waals surface area contributed by atoms with Gasteiger partial charge in [-0.2, -0.15) is 4.31 Å². The maximum atomic E-state index is 12.5. The molecule has 2 rings (SSSR count). The molecule has 2 aliphatic heterocycles. The third-order valence-corrected chi connectivity index (χ3v) is 7.90. The zero-order valence-corrected chi connectivity index (χ0v) is 20.4. The summed E-state index contributed by atoms with van der Waals surface area (Å²) in [6.07, 6.45) is -8.39. The van der Waals surface area contributed by atoms with Crippen molar-refractivity contribution in [3.63, 3.8) is 0 Å². The standard InChI is InChI=1S/C15H27BN4O13P2/c1-3-7-8(4-18-20-17)31-15(10(11(7)22)19-6(2)21)32-35(27,28)33-34(25,26)29-5-9-12(23)13(24)14(16)30-9/h7-15,22-24H,3-5H2,1-2H3,(H,19,21)(H,25,26)(H,27,28)/t7?,8?,9-,10?,11?,12?,13?,14-,15?/m1/s1. The normalized spacial score (nSPS) is 38.7. The average molecular weight is 544 g/mol. The fraction of sp³-hybridized carbons (Fsp3) is 0.933. The van der Waals surface area contributed by atoms with E-state index in [0.717, 1.165) is 6.92 Å². The first-order valence-corrected chi connectivity index (χ1v) is 13.3. The number of phosphoric acid groups is 2. The van der Waals surface area contributed by atoms with Crippen molar-refractivity contribution in [3.8, 4) is 0 Å². The van der Waals surface area contributed by atoms with Gasteiger partial charge in [0.25, 0.3) is 0 Å². The minimum absolute atomic E-state index is 0.297. The number of ether oxygens (including phenoxy) is 2. The first-order chi connectivity index (χ1) is 16.2. The van der Waals surface area contributed by atoms with Crippen LogP contribution in [0.25, 0.3) is 10.4 Å². The lowest BCUT2D eigenvalue weighted by atomic mass is 9.85. The van der Waals surface area contributed by atoms with E-state index >= 15 is 0 Å². The molecule has 0 saturated carbocycles. The molecule has 6 N–H and O–H groups in total. The predicted octanol–water partition coefficient (Wildman–Crippen LogP) is -1.22. The SMILES string of the molecule is [B][C@@H]1O[C@H](COP(=O)(O)OP(=O)(O)OC2OC(CN=[N+]=[N-])C(CC)C(O)C2NC(C)=O)C(O)C1O. The monoisotopic (exact) mass is 544 g/mol. The number of azide groups is 1.